The van der Waals surface area contributed by atoms with Crippen LogP contribution in [0, 0.1) is 5.92 Å². The lowest BCUT2D eigenvalue weighted by molar-refractivity contribution is 0.196. The quantitative estimate of drug-likeness (QED) is 0.855. The highest BCUT2D eigenvalue weighted by Gasteiger charge is 2.38. The van der Waals surface area contributed by atoms with E-state index in [-0.39, 0.29) is 0 Å². The average Bonchev–Trinajstić information content (AvgIpc) is 3.15. The third kappa shape index (κ3) is 2.47. The minimum atomic E-state index is 0.616. The molecule has 4 rings (SSSR count). The maximum absolute atomic E-state index is 4.46. The Morgan fingerprint density at radius 2 is 2.09 bits per heavy atom. The van der Waals surface area contributed by atoms with E-state index in [4.69, 9.17) is 0 Å². The van der Waals surface area contributed by atoms with Crippen molar-refractivity contribution in [1.29, 1.82) is 0 Å². The van der Waals surface area contributed by atoms with Gasteiger partial charge >= 0.3 is 0 Å². The van der Waals surface area contributed by atoms with Crippen LogP contribution in [0.25, 0.3) is 0 Å². The summed E-state index contributed by atoms with van der Waals surface area (Å²) in [4.78, 5) is 13.7. The van der Waals surface area contributed by atoms with Crippen molar-refractivity contribution < 1.29 is 0 Å². The van der Waals surface area contributed by atoms with Crippen molar-refractivity contribution in [2.75, 3.05) is 24.5 Å². The molecule has 2 atom stereocenters. The van der Waals surface area contributed by atoms with Gasteiger partial charge in [0.25, 0.3) is 0 Å². The van der Waals surface area contributed by atoms with Gasteiger partial charge in [0.2, 0.25) is 0 Å². The van der Waals surface area contributed by atoms with Crippen LogP contribution in [-0.4, -0.2) is 50.3 Å². The van der Waals surface area contributed by atoms with Gasteiger partial charge in [-0.2, -0.15) is 5.10 Å². The third-order valence-corrected chi connectivity index (χ3v) is 5.14. The summed E-state index contributed by atoms with van der Waals surface area (Å²) in [5, 5.41) is 4.29. The standard InChI is InChI=1S/C16H22N6/c1-20-14(2-5-19-20)11-21-8-3-13-4-9-22(12-15(13)21)16-10-17-6-7-18-16/h2,5-7,10,13,15H,3-4,8-9,11-12H2,1H3. The van der Waals surface area contributed by atoms with E-state index in [1.807, 2.05) is 24.1 Å². The van der Waals surface area contributed by atoms with E-state index < -0.39 is 0 Å². The number of anilines is 1. The zero-order valence-electron chi connectivity index (χ0n) is 13.0. The van der Waals surface area contributed by atoms with Crippen LogP contribution in [0.1, 0.15) is 18.5 Å². The normalized spacial score (nSPS) is 25.4. The molecule has 2 aromatic heterocycles. The number of piperidine rings is 1. The van der Waals surface area contributed by atoms with E-state index >= 15 is 0 Å². The summed E-state index contributed by atoms with van der Waals surface area (Å²) in [7, 11) is 2.02. The molecule has 2 fully saturated rings. The molecule has 2 unspecified atom stereocenters. The Balaban J connectivity index is 1.49. The summed E-state index contributed by atoms with van der Waals surface area (Å²) in [6.07, 6.45) is 9.85. The molecule has 4 heterocycles. The largest absolute Gasteiger partial charge is 0.354 e. The van der Waals surface area contributed by atoms with Crippen molar-refractivity contribution >= 4 is 5.82 Å². The van der Waals surface area contributed by atoms with Gasteiger partial charge in [0.1, 0.15) is 5.82 Å². The Morgan fingerprint density at radius 3 is 2.86 bits per heavy atom. The molecule has 0 spiro atoms. The first kappa shape index (κ1) is 13.7. The first-order valence-electron chi connectivity index (χ1n) is 8.03. The fourth-order valence-corrected chi connectivity index (χ4v) is 3.85. The van der Waals surface area contributed by atoms with Crippen molar-refractivity contribution in [3.05, 3.63) is 36.5 Å². The number of likely N-dealkylation sites (tertiary alicyclic amines) is 1. The molecule has 0 N–H and O–H groups in total. The molecule has 22 heavy (non-hydrogen) atoms. The molecule has 2 aromatic rings. The van der Waals surface area contributed by atoms with E-state index in [9.17, 15) is 0 Å². The van der Waals surface area contributed by atoms with Gasteiger partial charge < -0.3 is 4.90 Å². The fourth-order valence-electron chi connectivity index (χ4n) is 3.85. The summed E-state index contributed by atoms with van der Waals surface area (Å²) in [6.45, 7) is 4.33. The summed E-state index contributed by atoms with van der Waals surface area (Å²) in [6, 6.07) is 2.74. The minimum Gasteiger partial charge on any atom is -0.354 e. The second-order valence-corrected chi connectivity index (χ2v) is 6.33. The molecular formula is C16H22N6. The first-order valence-corrected chi connectivity index (χ1v) is 8.03. The Morgan fingerprint density at radius 1 is 1.18 bits per heavy atom. The number of fused-ring (bicyclic) bond motifs is 1. The van der Waals surface area contributed by atoms with Crippen LogP contribution in [0.15, 0.2) is 30.9 Å². The zero-order valence-corrected chi connectivity index (χ0v) is 13.0. The summed E-state index contributed by atoms with van der Waals surface area (Å²) in [5.41, 5.74) is 1.29. The molecule has 0 saturated carbocycles. The summed E-state index contributed by atoms with van der Waals surface area (Å²) in [5.74, 6) is 1.83. The predicted molar refractivity (Wildman–Crippen MR) is 84.4 cm³/mol. The summed E-state index contributed by atoms with van der Waals surface area (Å²) < 4.78 is 1.98. The van der Waals surface area contributed by atoms with E-state index in [1.54, 1.807) is 12.4 Å². The van der Waals surface area contributed by atoms with Crippen LogP contribution in [0.2, 0.25) is 0 Å². The third-order valence-electron chi connectivity index (χ3n) is 5.14. The molecule has 2 aliphatic rings. The van der Waals surface area contributed by atoms with Gasteiger partial charge in [0.15, 0.2) is 0 Å². The Kier molecular flexibility index (Phi) is 3.54. The number of aromatic nitrogens is 4. The monoisotopic (exact) mass is 298 g/mol. The van der Waals surface area contributed by atoms with Crippen molar-refractivity contribution in [2.45, 2.75) is 25.4 Å². The molecule has 0 aromatic carbocycles. The Bertz CT molecular complexity index is 625. The Labute approximate surface area is 130 Å². The number of hydrogen-bond acceptors (Lipinski definition) is 5. The number of rotatable bonds is 3. The Hall–Kier alpha value is -1.95. The minimum absolute atomic E-state index is 0.616. The average molecular weight is 298 g/mol. The molecule has 0 bridgehead atoms. The van der Waals surface area contributed by atoms with Gasteiger partial charge in [-0.15, -0.1) is 0 Å². The lowest BCUT2D eigenvalue weighted by atomic mass is 9.92. The van der Waals surface area contributed by atoms with Gasteiger partial charge in [-0.25, -0.2) is 4.98 Å². The first-order chi connectivity index (χ1) is 10.8. The smallest absolute Gasteiger partial charge is 0.147 e. The second kappa shape index (κ2) is 5.68. The van der Waals surface area contributed by atoms with Gasteiger partial charge in [-0.1, -0.05) is 0 Å². The highest BCUT2D eigenvalue weighted by molar-refractivity contribution is 5.36. The van der Waals surface area contributed by atoms with E-state index in [2.05, 4.69) is 30.9 Å². The highest BCUT2D eigenvalue weighted by Crippen LogP contribution is 2.33. The van der Waals surface area contributed by atoms with E-state index in [1.165, 1.54) is 25.1 Å². The molecule has 0 aliphatic carbocycles. The van der Waals surface area contributed by atoms with Crippen molar-refractivity contribution in [2.24, 2.45) is 13.0 Å². The molecule has 0 amide bonds. The predicted octanol–water partition coefficient (Wildman–Crippen LogP) is 1.31. The lowest BCUT2D eigenvalue weighted by Gasteiger charge is -2.39. The van der Waals surface area contributed by atoms with Gasteiger partial charge in [-0.05, 0) is 31.4 Å². The number of nitrogens with zero attached hydrogens (tertiary/aromatic N) is 6. The summed E-state index contributed by atoms with van der Waals surface area (Å²) >= 11 is 0. The highest BCUT2D eigenvalue weighted by atomic mass is 15.3. The SMILES string of the molecule is Cn1nccc1CN1CCC2CCN(c3cnccn3)CC21. The molecule has 0 radical (unpaired) electrons. The van der Waals surface area contributed by atoms with Crippen LogP contribution < -0.4 is 4.90 Å². The number of aryl methyl sites for hydroxylation is 1. The van der Waals surface area contributed by atoms with Gasteiger partial charge in [0.05, 0.1) is 11.9 Å². The number of hydrogen-bond donors (Lipinski definition) is 0. The van der Waals surface area contributed by atoms with Gasteiger partial charge in [-0.3, -0.25) is 14.6 Å². The van der Waals surface area contributed by atoms with Crippen molar-refractivity contribution in [1.82, 2.24) is 24.6 Å². The second-order valence-electron chi connectivity index (χ2n) is 6.33. The van der Waals surface area contributed by atoms with Crippen molar-refractivity contribution in [3.63, 3.8) is 0 Å². The van der Waals surface area contributed by atoms with Gasteiger partial charge in [0, 0.05) is 51.3 Å². The molecule has 2 saturated heterocycles. The fraction of sp³-hybridized carbons (Fsp3) is 0.562. The van der Waals surface area contributed by atoms with Crippen LogP contribution >= 0.6 is 0 Å². The molecule has 6 nitrogen and oxygen atoms in total. The van der Waals surface area contributed by atoms with Crippen LogP contribution in [0.4, 0.5) is 5.82 Å². The van der Waals surface area contributed by atoms with E-state index in [0.29, 0.717) is 6.04 Å². The molecule has 116 valence electrons. The maximum atomic E-state index is 4.46. The topological polar surface area (TPSA) is 50.1 Å². The molecule has 2 aliphatic heterocycles. The van der Waals surface area contributed by atoms with Crippen LogP contribution in [-0.2, 0) is 13.6 Å². The zero-order chi connectivity index (χ0) is 14.9. The molecular weight excluding hydrogens is 276 g/mol. The van der Waals surface area contributed by atoms with E-state index in [0.717, 1.165) is 31.4 Å². The van der Waals surface area contributed by atoms with Crippen LogP contribution in [0.5, 0.6) is 0 Å². The van der Waals surface area contributed by atoms with Crippen LogP contribution in [0.3, 0.4) is 0 Å². The van der Waals surface area contributed by atoms with Crippen molar-refractivity contribution in [3.8, 4) is 0 Å². The maximum Gasteiger partial charge on any atom is 0.147 e. The molecule has 6 heteroatoms. The lowest BCUT2D eigenvalue weighted by Crippen LogP contribution is -2.48.